The van der Waals surface area contributed by atoms with Crippen LogP contribution in [0.4, 0.5) is 9.18 Å². The SMILES string of the molecule is CCc1cc(OC)c(F)cc1-c1ccc2c(-c3nc4c(n3COCC[Si](C)(C)C)CN(C(=O)OC(C)(C)C)C(C(=O)N(C)OC)C4)nn(C3CCCCO3)c2c1. The Morgan fingerprint density at radius 2 is 1.88 bits per heavy atom. The van der Waals surface area contributed by atoms with E-state index in [2.05, 4.69) is 19.6 Å². The number of fused-ring (bicyclic) bond motifs is 2. The molecule has 6 rings (SSSR count). The Morgan fingerprint density at radius 1 is 1.11 bits per heavy atom. The molecule has 0 spiro atoms. The van der Waals surface area contributed by atoms with Crippen LogP contribution in [0.2, 0.25) is 25.7 Å². The van der Waals surface area contributed by atoms with Crippen molar-refractivity contribution in [2.45, 2.75) is 117 Å². The molecular weight excluding hydrogens is 736 g/mol. The minimum Gasteiger partial charge on any atom is -0.494 e. The quantitative estimate of drug-likeness (QED) is 0.0799. The molecule has 0 aliphatic carbocycles. The van der Waals surface area contributed by atoms with Crippen LogP contribution >= 0.6 is 0 Å². The summed E-state index contributed by atoms with van der Waals surface area (Å²) in [6.45, 7) is 15.7. The fraction of sp³-hybridized carbons (Fsp3) is 0.561. The molecule has 13 nitrogen and oxygen atoms in total. The van der Waals surface area contributed by atoms with Gasteiger partial charge in [-0.05, 0) is 93.5 Å². The second-order valence-electron chi connectivity index (χ2n) is 16.8. The molecule has 0 saturated carbocycles. The number of aryl methyl sites for hydroxylation is 1. The number of hydrogen-bond acceptors (Lipinski definition) is 9. The van der Waals surface area contributed by atoms with E-state index in [1.54, 1.807) is 26.8 Å². The van der Waals surface area contributed by atoms with Crippen LogP contribution in [0.25, 0.3) is 33.5 Å². The Balaban J connectivity index is 1.52. The van der Waals surface area contributed by atoms with Crippen molar-refractivity contribution < 1.29 is 37.8 Å². The highest BCUT2D eigenvalue weighted by atomic mass is 28.3. The lowest BCUT2D eigenvalue weighted by atomic mass is 9.96. The van der Waals surface area contributed by atoms with Crippen LogP contribution in [0.15, 0.2) is 30.3 Å². The maximum Gasteiger partial charge on any atom is 0.411 e. The summed E-state index contributed by atoms with van der Waals surface area (Å²) in [5.41, 5.74) is 4.61. The molecule has 304 valence electrons. The molecule has 2 unspecified atom stereocenters. The van der Waals surface area contributed by atoms with Gasteiger partial charge >= 0.3 is 6.09 Å². The van der Waals surface area contributed by atoms with E-state index in [1.165, 1.54) is 32.2 Å². The first-order valence-electron chi connectivity index (χ1n) is 19.5. The molecule has 0 N–H and O–H groups in total. The van der Waals surface area contributed by atoms with Gasteiger partial charge in [-0.2, -0.15) is 5.10 Å². The number of benzene rings is 2. The smallest absolute Gasteiger partial charge is 0.411 e. The van der Waals surface area contributed by atoms with Crippen molar-refractivity contribution in [2.24, 2.45) is 0 Å². The minimum absolute atomic E-state index is 0.0555. The van der Waals surface area contributed by atoms with Gasteiger partial charge in [-0.1, -0.05) is 32.6 Å². The summed E-state index contributed by atoms with van der Waals surface area (Å²) in [6, 6.07) is 9.37. The standard InChI is InChI=1S/C41H57FN6O7Si/c1-11-26-21-35(51-6)30(42)22-29(26)27-15-16-28-32(20-27)48(36-14-12-13-17-54-36)44-37(28)38-43-31-23-33(39(49)45(5)52-7)46(40(50)55-41(2,3)4)24-34(31)47(38)25-53-18-19-56(8,9)10/h15-16,20-22,33,36H,11-14,17-19,23-25H2,1-10H3. The van der Waals surface area contributed by atoms with Gasteiger partial charge in [0.2, 0.25) is 0 Å². The maximum absolute atomic E-state index is 15.2. The van der Waals surface area contributed by atoms with Gasteiger partial charge in [0.05, 0.1) is 37.7 Å². The lowest BCUT2D eigenvalue weighted by Crippen LogP contribution is -2.54. The maximum atomic E-state index is 15.2. The predicted molar refractivity (Wildman–Crippen MR) is 214 cm³/mol. The number of likely N-dealkylation sites (N-methyl/N-ethyl adjacent to an activating group) is 1. The summed E-state index contributed by atoms with van der Waals surface area (Å²) in [6.07, 6.45) is 2.64. The lowest BCUT2D eigenvalue weighted by molar-refractivity contribution is -0.175. The van der Waals surface area contributed by atoms with Gasteiger partial charge in [0.25, 0.3) is 5.91 Å². The minimum atomic E-state index is -1.41. The number of ether oxygens (including phenoxy) is 4. The molecule has 56 heavy (non-hydrogen) atoms. The summed E-state index contributed by atoms with van der Waals surface area (Å²) in [7, 11) is 2.99. The third kappa shape index (κ3) is 8.80. The van der Waals surface area contributed by atoms with Crippen molar-refractivity contribution in [3.05, 3.63) is 53.1 Å². The molecule has 0 radical (unpaired) electrons. The number of aromatic nitrogens is 4. The number of imidazole rings is 1. The predicted octanol–water partition coefficient (Wildman–Crippen LogP) is 7.97. The molecule has 2 atom stereocenters. The van der Waals surface area contributed by atoms with Gasteiger partial charge in [-0.15, -0.1) is 0 Å². The van der Waals surface area contributed by atoms with E-state index in [0.29, 0.717) is 36.8 Å². The van der Waals surface area contributed by atoms with Gasteiger partial charge in [-0.25, -0.2) is 23.9 Å². The van der Waals surface area contributed by atoms with Gasteiger partial charge in [-0.3, -0.25) is 14.5 Å². The van der Waals surface area contributed by atoms with Gasteiger partial charge < -0.3 is 23.5 Å². The van der Waals surface area contributed by atoms with Gasteiger partial charge in [0.15, 0.2) is 23.6 Å². The Kier molecular flexibility index (Phi) is 12.3. The van der Waals surface area contributed by atoms with E-state index >= 15 is 4.39 Å². The average Bonchev–Trinajstić information content (AvgIpc) is 3.71. The zero-order chi connectivity index (χ0) is 40.5. The summed E-state index contributed by atoms with van der Waals surface area (Å²) >= 11 is 0. The number of hydroxylamine groups is 2. The second-order valence-corrected chi connectivity index (χ2v) is 22.4. The molecule has 2 aliphatic heterocycles. The summed E-state index contributed by atoms with van der Waals surface area (Å²) in [5, 5.41) is 7.20. The first-order chi connectivity index (χ1) is 26.5. The van der Waals surface area contributed by atoms with E-state index in [1.807, 2.05) is 34.4 Å². The molecular formula is C41H57FN6O7Si. The van der Waals surface area contributed by atoms with Crippen molar-refractivity contribution in [3.63, 3.8) is 0 Å². The number of carbonyl (C=O) groups is 2. The summed E-state index contributed by atoms with van der Waals surface area (Å²) in [4.78, 5) is 39.4. The zero-order valence-corrected chi connectivity index (χ0v) is 35.5. The normalized spacial score (nSPS) is 17.6. The number of hydrogen-bond donors (Lipinski definition) is 0. The van der Waals surface area contributed by atoms with Crippen LogP contribution in [-0.2, 0) is 50.0 Å². The molecule has 2 aromatic carbocycles. The Labute approximate surface area is 329 Å². The van der Waals surface area contributed by atoms with Crippen molar-refractivity contribution in [2.75, 3.05) is 34.5 Å². The summed E-state index contributed by atoms with van der Waals surface area (Å²) in [5.74, 6) is -0.0669. The van der Waals surface area contributed by atoms with Crippen LogP contribution in [0, 0.1) is 5.82 Å². The molecule has 4 aromatic rings. The first-order valence-corrected chi connectivity index (χ1v) is 23.2. The van der Waals surface area contributed by atoms with Crippen molar-refractivity contribution in [1.82, 2.24) is 29.3 Å². The number of carbonyl (C=O) groups excluding carboxylic acids is 2. The van der Waals surface area contributed by atoms with Crippen LogP contribution in [0.3, 0.4) is 0 Å². The topological polar surface area (TPSA) is 122 Å². The molecule has 1 saturated heterocycles. The monoisotopic (exact) mass is 792 g/mol. The van der Waals surface area contributed by atoms with E-state index in [9.17, 15) is 9.59 Å². The highest BCUT2D eigenvalue weighted by molar-refractivity contribution is 6.76. The van der Waals surface area contributed by atoms with Gasteiger partial charge in [0.1, 0.15) is 24.1 Å². The fourth-order valence-corrected chi connectivity index (χ4v) is 8.00. The van der Waals surface area contributed by atoms with E-state index < -0.39 is 37.5 Å². The number of methoxy groups -OCH3 is 1. The fourth-order valence-electron chi connectivity index (χ4n) is 7.25. The molecule has 1 fully saturated rings. The first kappa shape index (κ1) is 41.3. The second kappa shape index (κ2) is 16.7. The number of rotatable bonds is 12. The Bertz CT molecular complexity index is 2060. The van der Waals surface area contributed by atoms with Crippen molar-refractivity contribution >= 4 is 31.0 Å². The van der Waals surface area contributed by atoms with Crippen molar-refractivity contribution in [3.8, 4) is 28.4 Å². The van der Waals surface area contributed by atoms with Crippen molar-refractivity contribution in [1.29, 1.82) is 0 Å². The summed E-state index contributed by atoms with van der Waals surface area (Å²) < 4.78 is 42.9. The highest BCUT2D eigenvalue weighted by Gasteiger charge is 2.42. The van der Waals surface area contributed by atoms with E-state index in [0.717, 1.165) is 63.7 Å². The molecule has 4 heterocycles. The number of halogens is 1. The Morgan fingerprint density at radius 3 is 2.52 bits per heavy atom. The molecule has 0 bridgehead atoms. The third-order valence-corrected chi connectivity index (χ3v) is 12.1. The number of nitrogens with zero attached hydrogens (tertiary/aromatic N) is 6. The van der Waals surface area contributed by atoms with Crippen LogP contribution < -0.4 is 4.74 Å². The van der Waals surface area contributed by atoms with Crippen LogP contribution in [-0.4, -0.2) is 95.5 Å². The van der Waals surface area contributed by atoms with Crippen LogP contribution in [0.5, 0.6) is 5.75 Å². The average molecular weight is 793 g/mol. The van der Waals surface area contributed by atoms with E-state index in [4.69, 9.17) is 33.9 Å². The van der Waals surface area contributed by atoms with Gasteiger partial charge in [0, 0.05) is 40.1 Å². The molecule has 2 amide bonds. The van der Waals surface area contributed by atoms with Crippen LogP contribution in [0.1, 0.15) is 70.1 Å². The molecule has 15 heteroatoms. The Hall–Kier alpha value is -4.31. The third-order valence-electron chi connectivity index (χ3n) is 10.4. The molecule has 2 aromatic heterocycles. The highest BCUT2D eigenvalue weighted by Crippen LogP contribution is 2.39. The number of amides is 2. The lowest BCUT2D eigenvalue weighted by Gasteiger charge is -2.36. The van der Waals surface area contributed by atoms with E-state index in [-0.39, 0.29) is 31.7 Å². The largest absolute Gasteiger partial charge is 0.494 e. The zero-order valence-electron chi connectivity index (χ0n) is 34.5. The molecule has 2 aliphatic rings.